The Morgan fingerprint density at radius 2 is 1.67 bits per heavy atom. The molecule has 2 heterocycles. The number of carbonyl (C=O) groups is 3. The number of hydrogen-bond acceptors (Lipinski definition) is 9. The van der Waals surface area contributed by atoms with E-state index in [1.807, 2.05) is 4.90 Å². The Bertz CT molecular complexity index is 971. The van der Waals surface area contributed by atoms with Crippen LogP contribution in [0.25, 0.3) is 0 Å². The molecule has 5 aliphatic rings. The summed E-state index contributed by atoms with van der Waals surface area (Å²) < 4.78 is 13.1. The number of nitrogens with two attached hydrogens (primary N) is 2. The minimum absolute atomic E-state index is 0. The molecule has 5 fully saturated rings. The molecule has 5 atom stereocenters. The summed E-state index contributed by atoms with van der Waals surface area (Å²) in [5.74, 6) is 1.07. The van der Waals surface area contributed by atoms with Gasteiger partial charge in [-0.15, -0.1) is 12.4 Å². The number of halogens is 1. The third-order valence-electron chi connectivity index (χ3n) is 10.7. The van der Waals surface area contributed by atoms with E-state index in [2.05, 4.69) is 42.0 Å². The molecule has 5 rings (SSSR count). The number of carbonyl (C=O) groups excluding carboxylic acids is 3. The molecule has 2 saturated heterocycles. The van der Waals surface area contributed by atoms with Crippen molar-refractivity contribution in [3.8, 4) is 0 Å². The molecule has 3 saturated carbocycles. The monoisotopic (exact) mass is 655 g/mol. The number of likely N-dealkylation sites (tertiary alicyclic amines) is 1. The number of nitrogens with zero attached hydrogens (tertiary/aromatic N) is 1. The fourth-order valence-corrected chi connectivity index (χ4v) is 8.00. The average Bonchev–Trinajstić information content (AvgIpc) is 3.62. The summed E-state index contributed by atoms with van der Waals surface area (Å²) in [4.78, 5) is 39.9. The van der Waals surface area contributed by atoms with Crippen molar-refractivity contribution in [1.29, 1.82) is 0 Å². The van der Waals surface area contributed by atoms with E-state index in [-0.39, 0.29) is 65.7 Å². The Balaban J connectivity index is 0.00000552. The van der Waals surface area contributed by atoms with Crippen molar-refractivity contribution in [2.45, 2.75) is 96.2 Å². The van der Waals surface area contributed by atoms with Gasteiger partial charge in [-0.1, -0.05) is 20.3 Å². The highest BCUT2D eigenvalue weighted by molar-refractivity contribution is 6.48. The molecular weight excluding hydrogens is 597 g/mol. The van der Waals surface area contributed by atoms with Gasteiger partial charge in [0.2, 0.25) is 17.7 Å². The van der Waals surface area contributed by atoms with Crippen LogP contribution in [-0.2, 0) is 23.7 Å². The molecule has 45 heavy (non-hydrogen) atoms. The zero-order valence-corrected chi connectivity index (χ0v) is 28.6. The lowest BCUT2D eigenvalue weighted by Crippen LogP contribution is -2.65. The molecule has 12 nitrogen and oxygen atoms in total. The topological polar surface area (TPSA) is 173 Å². The fraction of sp³-hybridized carbons (Fsp3) is 0.903. The van der Waals surface area contributed by atoms with Crippen LogP contribution in [-0.4, -0.2) is 106 Å². The molecule has 2 bridgehead atoms. The highest BCUT2D eigenvalue weighted by Crippen LogP contribution is 2.65. The van der Waals surface area contributed by atoms with Crippen molar-refractivity contribution in [2.24, 2.45) is 34.6 Å². The third-order valence-corrected chi connectivity index (χ3v) is 10.7. The molecule has 14 heteroatoms. The lowest BCUT2D eigenvalue weighted by atomic mass is 9.43. The van der Waals surface area contributed by atoms with Gasteiger partial charge in [0.15, 0.2) is 0 Å². The average molecular weight is 656 g/mol. The predicted molar refractivity (Wildman–Crippen MR) is 179 cm³/mol. The quantitative estimate of drug-likeness (QED) is 0.0859. The van der Waals surface area contributed by atoms with E-state index in [1.54, 1.807) is 0 Å². The molecule has 3 aliphatic carbocycles. The number of rotatable bonds is 19. The van der Waals surface area contributed by atoms with Crippen LogP contribution in [0, 0.1) is 23.2 Å². The van der Waals surface area contributed by atoms with Crippen LogP contribution in [0.15, 0.2) is 0 Å². The van der Waals surface area contributed by atoms with Gasteiger partial charge in [-0.25, -0.2) is 0 Å². The Kier molecular flexibility index (Phi) is 14.9. The van der Waals surface area contributed by atoms with Gasteiger partial charge in [0.25, 0.3) is 0 Å². The van der Waals surface area contributed by atoms with Crippen LogP contribution in [0.2, 0.25) is 0 Å². The van der Waals surface area contributed by atoms with Crippen molar-refractivity contribution < 1.29 is 23.7 Å². The first-order valence-electron chi connectivity index (χ1n) is 17.1. The molecule has 0 aromatic rings. The summed E-state index contributed by atoms with van der Waals surface area (Å²) in [6, 6.07) is 0. The smallest absolute Gasteiger partial charge is 0.404 e. The molecule has 0 aromatic carbocycles. The van der Waals surface area contributed by atoms with Gasteiger partial charge in [-0.2, -0.15) is 0 Å². The maximum atomic E-state index is 13.1. The van der Waals surface area contributed by atoms with Crippen LogP contribution in [0.5, 0.6) is 0 Å². The number of unbranched alkanes of at least 4 members (excludes halogenated alkanes) is 2. The molecule has 2 aliphatic heterocycles. The normalized spacial score (nSPS) is 28.0. The van der Waals surface area contributed by atoms with Crippen molar-refractivity contribution in [2.75, 3.05) is 58.9 Å². The summed E-state index contributed by atoms with van der Waals surface area (Å²) in [6.07, 6.45) is 7.23. The van der Waals surface area contributed by atoms with Crippen molar-refractivity contribution in [1.82, 2.24) is 26.2 Å². The molecule has 0 aromatic heterocycles. The molecule has 0 radical (unpaired) electrons. The summed E-state index contributed by atoms with van der Waals surface area (Å²) >= 11 is 0. The predicted octanol–water partition coefficient (Wildman–Crippen LogP) is 0.562. The zero-order valence-electron chi connectivity index (χ0n) is 27.7. The van der Waals surface area contributed by atoms with Gasteiger partial charge in [0.1, 0.15) is 0 Å². The lowest BCUT2D eigenvalue weighted by molar-refractivity contribution is -0.199. The van der Waals surface area contributed by atoms with E-state index in [1.165, 1.54) is 6.42 Å². The molecule has 258 valence electrons. The summed E-state index contributed by atoms with van der Waals surface area (Å²) in [5.41, 5.74) is 11.1. The molecule has 1 unspecified atom stereocenters. The van der Waals surface area contributed by atoms with E-state index in [9.17, 15) is 14.4 Å². The van der Waals surface area contributed by atoms with E-state index < -0.39 is 7.12 Å². The minimum Gasteiger partial charge on any atom is -0.404 e. The van der Waals surface area contributed by atoms with E-state index in [4.69, 9.17) is 20.8 Å². The third kappa shape index (κ3) is 9.55. The second kappa shape index (κ2) is 17.6. The summed E-state index contributed by atoms with van der Waals surface area (Å²) in [7, 11) is -0.394. The van der Waals surface area contributed by atoms with Crippen LogP contribution in [0.1, 0.15) is 78.6 Å². The summed E-state index contributed by atoms with van der Waals surface area (Å²) in [6.45, 7) is 12.2. The van der Waals surface area contributed by atoms with Gasteiger partial charge < -0.3 is 46.9 Å². The zero-order chi connectivity index (χ0) is 31.7. The Labute approximate surface area is 276 Å². The Morgan fingerprint density at radius 1 is 0.956 bits per heavy atom. The second-order valence-corrected chi connectivity index (χ2v) is 14.1. The Morgan fingerprint density at radius 3 is 2.33 bits per heavy atom. The minimum atomic E-state index is -0.394. The SMILES string of the molecule is CC1(C)[C@@H]2CC3OB([C@@H]4CCCN4C(=O)CNC(=O)CCCCCNC(=O)CC(CNCCN)CNCCN)O[C@@]3(C)[C@H]1C2.Cl. The maximum Gasteiger partial charge on any atom is 0.481 e. The molecule has 8 N–H and O–H groups in total. The lowest BCUT2D eigenvalue weighted by Gasteiger charge is -2.64. The van der Waals surface area contributed by atoms with Crippen molar-refractivity contribution in [3.63, 3.8) is 0 Å². The highest BCUT2D eigenvalue weighted by atomic mass is 35.5. The van der Waals surface area contributed by atoms with Crippen LogP contribution in [0.4, 0.5) is 0 Å². The van der Waals surface area contributed by atoms with Crippen LogP contribution in [0.3, 0.4) is 0 Å². The fourth-order valence-electron chi connectivity index (χ4n) is 8.00. The number of hydrogen-bond donors (Lipinski definition) is 6. The van der Waals surface area contributed by atoms with Crippen LogP contribution < -0.4 is 32.7 Å². The van der Waals surface area contributed by atoms with E-state index >= 15 is 0 Å². The highest BCUT2D eigenvalue weighted by Gasteiger charge is 2.69. The van der Waals surface area contributed by atoms with Gasteiger partial charge in [0, 0.05) is 52.1 Å². The van der Waals surface area contributed by atoms with Gasteiger partial charge in [-0.3, -0.25) is 14.4 Å². The van der Waals surface area contributed by atoms with E-state index in [0.29, 0.717) is 57.3 Å². The van der Waals surface area contributed by atoms with Gasteiger partial charge >= 0.3 is 7.12 Å². The Hall–Kier alpha value is -1.48. The first kappa shape index (κ1) is 38.0. The molecule has 0 spiro atoms. The van der Waals surface area contributed by atoms with Crippen LogP contribution >= 0.6 is 12.4 Å². The number of amides is 3. The molecular formula is C31H59BClN7O5. The standard InChI is InChI=1S/C31H58BN7O5.ClH/c1-30(2)23-17-24(30)31(3)25(18-23)43-32(44-31)26-8-7-15-39(26)29(42)21-38-27(40)9-5-4-6-12-37-28(41)16-22(19-35-13-10-33)20-36-14-11-34;/h22-26,35-36H,4-21,33-34H2,1-3H3,(H,37,41)(H,38,40);1H/t23-,24-,25?,26-,31-;/m0./s1. The van der Waals surface area contributed by atoms with Gasteiger partial charge in [0.05, 0.1) is 24.2 Å². The second-order valence-electron chi connectivity index (χ2n) is 14.1. The number of nitrogens with one attached hydrogen (secondary N) is 4. The maximum absolute atomic E-state index is 13.1. The first-order chi connectivity index (χ1) is 21.1. The van der Waals surface area contributed by atoms with Crippen molar-refractivity contribution >= 4 is 37.2 Å². The largest absolute Gasteiger partial charge is 0.481 e. The van der Waals surface area contributed by atoms with Gasteiger partial charge in [-0.05, 0) is 81.7 Å². The summed E-state index contributed by atoms with van der Waals surface area (Å²) in [5, 5.41) is 12.4. The molecule has 3 amide bonds. The van der Waals surface area contributed by atoms with E-state index in [0.717, 1.165) is 58.3 Å². The van der Waals surface area contributed by atoms with Crippen molar-refractivity contribution in [3.05, 3.63) is 0 Å². The first-order valence-corrected chi connectivity index (χ1v) is 17.1.